The highest BCUT2D eigenvalue weighted by molar-refractivity contribution is 6.24. The van der Waals surface area contributed by atoms with Gasteiger partial charge in [0.2, 0.25) is 11.8 Å². The number of amides is 2. The van der Waals surface area contributed by atoms with E-state index in [0.29, 0.717) is 23.3 Å². The van der Waals surface area contributed by atoms with Gasteiger partial charge in [0.15, 0.2) is 12.4 Å². The lowest BCUT2D eigenvalue weighted by atomic mass is 9.63. The Morgan fingerprint density at radius 2 is 1.40 bits per heavy atom. The molecule has 3 fully saturated rings. The van der Waals surface area contributed by atoms with Crippen LogP contribution in [0.5, 0.6) is 11.5 Å². The molecule has 0 unspecified atom stereocenters. The van der Waals surface area contributed by atoms with Crippen LogP contribution >= 0.6 is 0 Å². The largest absolute Gasteiger partial charge is 0.457 e. The maximum Gasteiger partial charge on any atom is 0.340 e. The molecule has 42 heavy (non-hydrogen) atoms. The third-order valence-electron chi connectivity index (χ3n) is 8.82. The van der Waals surface area contributed by atoms with Crippen molar-refractivity contribution in [2.45, 2.75) is 6.42 Å². The van der Waals surface area contributed by atoms with Crippen molar-refractivity contribution in [3.05, 3.63) is 106 Å². The molecule has 10 nitrogen and oxygen atoms in total. The Kier molecular flexibility index (Phi) is 6.00. The standard InChI is InChI=1S/C32H24N2O8/c35-27(17-5-9-19(10-6-17)42-20-11-7-18(8-12-20)34(39)40)16-41-32(38)23-3-1-2-4-26(23)33-30(36)28-21-13-14-22(25-15-24(21)25)29(28)31(33)37/h1-14,21-22,24-25,28-29H,15-16H2/t21-,22-,24-,25-,28-,29+/m0/s1. The molecule has 1 saturated heterocycles. The Morgan fingerprint density at radius 3 is 2.00 bits per heavy atom. The Bertz CT molecular complexity index is 1640. The molecule has 3 aromatic rings. The molecule has 1 heterocycles. The Labute approximate surface area is 239 Å². The van der Waals surface area contributed by atoms with Gasteiger partial charge in [0.25, 0.3) is 5.69 Å². The number of nitro benzene ring substituents is 1. The number of Topliss-reactive ketones (excluding diaryl/α,β-unsaturated/α-hetero) is 1. The molecule has 3 aromatic carbocycles. The number of imide groups is 1. The lowest BCUT2D eigenvalue weighted by Crippen LogP contribution is -2.40. The van der Waals surface area contributed by atoms with E-state index in [2.05, 4.69) is 12.2 Å². The van der Waals surface area contributed by atoms with Crippen LogP contribution in [-0.4, -0.2) is 35.1 Å². The average molecular weight is 565 g/mol. The van der Waals surface area contributed by atoms with E-state index in [0.717, 1.165) is 11.3 Å². The summed E-state index contributed by atoms with van der Waals surface area (Å²) >= 11 is 0. The van der Waals surface area contributed by atoms with E-state index in [9.17, 15) is 29.3 Å². The molecule has 0 N–H and O–H groups in total. The Morgan fingerprint density at radius 1 is 0.833 bits per heavy atom. The van der Waals surface area contributed by atoms with Crippen molar-refractivity contribution < 1.29 is 33.6 Å². The second kappa shape index (κ2) is 9.76. The van der Waals surface area contributed by atoms with Crippen molar-refractivity contribution in [1.82, 2.24) is 0 Å². The molecule has 5 aliphatic rings. The van der Waals surface area contributed by atoms with E-state index in [-0.39, 0.29) is 46.2 Å². The summed E-state index contributed by atoms with van der Waals surface area (Å²) in [6.45, 7) is -0.541. The molecular formula is C32H24N2O8. The van der Waals surface area contributed by atoms with Crippen molar-refractivity contribution in [3.63, 3.8) is 0 Å². The van der Waals surface area contributed by atoms with Crippen LogP contribution in [0, 0.1) is 45.6 Å². The van der Waals surface area contributed by atoms with E-state index in [4.69, 9.17) is 9.47 Å². The molecule has 0 aromatic heterocycles. The fourth-order valence-electron chi connectivity index (χ4n) is 6.81. The van der Waals surface area contributed by atoms with Crippen LogP contribution in [0.1, 0.15) is 27.1 Å². The third kappa shape index (κ3) is 4.18. The second-order valence-electron chi connectivity index (χ2n) is 11.1. The molecule has 2 saturated carbocycles. The molecule has 8 rings (SSSR count). The van der Waals surface area contributed by atoms with Gasteiger partial charge in [0, 0.05) is 17.7 Å². The summed E-state index contributed by atoms with van der Waals surface area (Å²) in [6, 6.07) is 18.0. The van der Waals surface area contributed by atoms with Gasteiger partial charge in [0.05, 0.1) is 28.0 Å². The molecule has 0 spiro atoms. The van der Waals surface area contributed by atoms with Crippen molar-refractivity contribution in [2.24, 2.45) is 35.5 Å². The molecule has 6 atom stereocenters. The van der Waals surface area contributed by atoms with Gasteiger partial charge in [-0.05, 0) is 78.6 Å². The summed E-state index contributed by atoms with van der Waals surface area (Å²) < 4.78 is 11.0. The zero-order chi connectivity index (χ0) is 29.1. The third-order valence-corrected chi connectivity index (χ3v) is 8.82. The quantitative estimate of drug-likeness (QED) is 0.0934. The first kappa shape index (κ1) is 25.8. The van der Waals surface area contributed by atoms with Gasteiger partial charge in [0.1, 0.15) is 11.5 Å². The van der Waals surface area contributed by atoms with Crippen molar-refractivity contribution in [2.75, 3.05) is 11.5 Å². The highest BCUT2D eigenvalue weighted by Crippen LogP contribution is 2.65. The number of ketones is 1. The lowest BCUT2D eigenvalue weighted by Gasteiger charge is -2.37. The van der Waals surface area contributed by atoms with Gasteiger partial charge in [-0.15, -0.1) is 0 Å². The molecule has 0 radical (unpaired) electrons. The normalized spacial score (nSPS) is 26.4. The van der Waals surface area contributed by atoms with Gasteiger partial charge in [-0.2, -0.15) is 0 Å². The monoisotopic (exact) mass is 564 g/mol. The maximum absolute atomic E-state index is 13.5. The number of para-hydroxylation sites is 1. The first-order valence-corrected chi connectivity index (χ1v) is 13.7. The second-order valence-corrected chi connectivity index (χ2v) is 11.1. The zero-order valence-electron chi connectivity index (χ0n) is 22.1. The first-order chi connectivity index (χ1) is 20.3. The van der Waals surface area contributed by atoms with Gasteiger partial charge in [-0.3, -0.25) is 24.5 Å². The maximum atomic E-state index is 13.5. The fraction of sp³-hybridized carbons (Fsp3) is 0.250. The SMILES string of the molecule is O=C(COC(=O)c1ccccc1N1C(=O)[C@@H]2[C@H]3C=C[C@@H]([C@@H]4C[C@@H]34)[C@@H]2C1=O)c1ccc(Oc2ccc([N+](=O)[O-])cc2)cc1. The van der Waals surface area contributed by atoms with E-state index in [1.54, 1.807) is 30.3 Å². The van der Waals surface area contributed by atoms with Crippen LogP contribution in [0.3, 0.4) is 0 Å². The van der Waals surface area contributed by atoms with Gasteiger partial charge in [-0.1, -0.05) is 24.3 Å². The van der Waals surface area contributed by atoms with E-state index in [1.807, 2.05) is 0 Å². The molecule has 4 aliphatic carbocycles. The average Bonchev–Trinajstić information content (AvgIpc) is 3.79. The Hall–Kier alpha value is -5.12. The number of esters is 1. The predicted octanol–water partition coefficient (Wildman–Crippen LogP) is 4.98. The highest BCUT2D eigenvalue weighted by Gasteiger charge is 2.67. The number of allylic oxidation sites excluding steroid dienone is 2. The summed E-state index contributed by atoms with van der Waals surface area (Å²) in [7, 11) is 0. The minimum Gasteiger partial charge on any atom is -0.457 e. The highest BCUT2D eigenvalue weighted by atomic mass is 16.6. The van der Waals surface area contributed by atoms with Gasteiger partial charge < -0.3 is 9.47 Å². The van der Waals surface area contributed by atoms with Crippen LogP contribution in [-0.2, 0) is 14.3 Å². The van der Waals surface area contributed by atoms with Crippen LogP contribution in [0.25, 0.3) is 0 Å². The van der Waals surface area contributed by atoms with Crippen LogP contribution in [0.15, 0.2) is 84.9 Å². The summed E-state index contributed by atoms with van der Waals surface area (Å²) in [5.74, 6) is -0.745. The molecule has 2 bridgehead atoms. The van der Waals surface area contributed by atoms with E-state index >= 15 is 0 Å². The first-order valence-electron chi connectivity index (χ1n) is 13.7. The summed E-state index contributed by atoms with van der Waals surface area (Å²) in [5, 5.41) is 10.8. The topological polar surface area (TPSA) is 133 Å². The number of nitrogens with zero attached hydrogens (tertiary/aromatic N) is 2. The van der Waals surface area contributed by atoms with Crippen molar-refractivity contribution >= 4 is 34.9 Å². The van der Waals surface area contributed by atoms with Crippen LogP contribution < -0.4 is 9.64 Å². The number of non-ortho nitro benzene ring substituents is 1. The van der Waals surface area contributed by atoms with E-state index in [1.165, 1.54) is 42.5 Å². The van der Waals surface area contributed by atoms with Crippen molar-refractivity contribution in [1.29, 1.82) is 0 Å². The number of benzene rings is 3. The molecular weight excluding hydrogens is 540 g/mol. The number of ether oxygens (including phenoxy) is 2. The molecule has 1 aliphatic heterocycles. The summed E-state index contributed by atoms with van der Waals surface area (Å²) in [5.41, 5.74) is 0.448. The number of rotatable bonds is 8. The number of anilines is 1. The van der Waals surface area contributed by atoms with Crippen molar-refractivity contribution in [3.8, 4) is 11.5 Å². The summed E-state index contributed by atoms with van der Waals surface area (Å²) in [4.78, 5) is 64.4. The Balaban J connectivity index is 1.01. The zero-order valence-corrected chi connectivity index (χ0v) is 22.1. The van der Waals surface area contributed by atoms with Crippen LogP contribution in [0.2, 0.25) is 0 Å². The minimum atomic E-state index is -0.809. The van der Waals surface area contributed by atoms with Gasteiger partial charge >= 0.3 is 5.97 Å². The predicted molar refractivity (Wildman–Crippen MR) is 148 cm³/mol. The van der Waals surface area contributed by atoms with Crippen LogP contribution in [0.4, 0.5) is 11.4 Å². The summed E-state index contributed by atoms with van der Waals surface area (Å²) in [6.07, 6.45) is 5.24. The van der Waals surface area contributed by atoms with Gasteiger partial charge in [-0.25, -0.2) is 9.69 Å². The number of carbonyl (C=O) groups is 4. The smallest absolute Gasteiger partial charge is 0.340 e. The van der Waals surface area contributed by atoms with E-state index < -0.39 is 35.1 Å². The number of nitro groups is 1. The lowest BCUT2D eigenvalue weighted by molar-refractivity contribution is -0.384. The molecule has 10 heteroatoms. The number of carbonyl (C=O) groups excluding carboxylic acids is 4. The number of hydrogen-bond acceptors (Lipinski definition) is 8. The minimum absolute atomic E-state index is 0.0444. The molecule has 2 amide bonds. The molecule has 210 valence electrons. The number of hydrogen-bond donors (Lipinski definition) is 0. The fourth-order valence-corrected chi connectivity index (χ4v) is 6.81.